The molecule has 0 heterocycles. The SMILES string of the molecule is CC1CCC(C(C)C)C(C(CO)CO)C1.OCC1CCC(CO)CC1. The van der Waals surface area contributed by atoms with Crippen molar-refractivity contribution in [1.82, 2.24) is 0 Å². The maximum absolute atomic E-state index is 9.30. The van der Waals surface area contributed by atoms with Crippen LogP contribution in [-0.4, -0.2) is 46.9 Å². The van der Waals surface area contributed by atoms with Crippen LogP contribution in [0.25, 0.3) is 0 Å². The lowest BCUT2D eigenvalue weighted by molar-refractivity contribution is 0.0273. The molecule has 3 atom stereocenters. The van der Waals surface area contributed by atoms with Crippen molar-refractivity contribution in [2.24, 2.45) is 41.4 Å². The third-order valence-corrected chi connectivity index (χ3v) is 6.63. The van der Waals surface area contributed by atoms with Gasteiger partial charge in [-0.1, -0.05) is 27.2 Å². The lowest BCUT2D eigenvalue weighted by Gasteiger charge is -2.40. The average Bonchev–Trinajstić information content (AvgIpc) is 2.63. The Kier molecular flexibility index (Phi) is 11.2. The Morgan fingerprint density at radius 1 is 0.720 bits per heavy atom. The van der Waals surface area contributed by atoms with E-state index in [-0.39, 0.29) is 19.1 Å². The predicted molar refractivity (Wildman–Crippen MR) is 102 cm³/mol. The molecule has 2 fully saturated rings. The lowest BCUT2D eigenvalue weighted by Crippen LogP contribution is -2.36. The first-order valence-electron chi connectivity index (χ1n) is 10.4. The average molecular weight is 359 g/mol. The molecule has 0 radical (unpaired) electrons. The molecule has 0 spiro atoms. The molecule has 25 heavy (non-hydrogen) atoms. The molecule has 0 aromatic heterocycles. The fraction of sp³-hybridized carbons (Fsp3) is 1.00. The maximum atomic E-state index is 9.30. The van der Waals surface area contributed by atoms with E-state index in [2.05, 4.69) is 20.8 Å². The largest absolute Gasteiger partial charge is 0.396 e. The van der Waals surface area contributed by atoms with Crippen LogP contribution in [0.15, 0.2) is 0 Å². The lowest BCUT2D eigenvalue weighted by atomic mass is 9.66. The second kappa shape index (κ2) is 12.3. The molecule has 0 bridgehead atoms. The summed E-state index contributed by atoms with van der Waals surface area (Å²) in [7, 11) is 0. The van der Waals surface area contributed by atoms with Gasteiger partial charge < -0.3 is 20.4 Å². The van der Waals surface area contributed by atoms with Gasteiger partial charge in [0.15, 0.2) is 0 Å². The zero-order valence-corrected chi connectivity index (χ0v) is 16.6. The summed E-state index contributed by atoms with van der Waals surface area (Å²) < 4.78 is 0. The van der Waals surface area contributed by atoms with Gasteiger partial charge in [-0.25, -0.2) is 0 Å². The third kappa shape index (κ3) is 7.54. The monoisotopic (exact) mass is 358 g/mol. The van der Waals surface area contributed by atoms with Crippen LogP contribution >= 0.6 is 0 Å². The summed E-state index contributed by atoms with van der Waals surface area (Å²) in [6.45, 7) is 7.75. The molecule has 0 aromatic rings. The zero-order chi connectivity index (χ0) is 18.8. The minimum absolute atomic E-state index is 0.0974. The summed E-state index contributed by atoms with van der Waals surface area (Å²) in [6, 6.07) is 0. The van der Waals surface area contributed by atoms with E-state index in [1.54, 1.807) is 0 Å². The Morgan fingerprint density at radius 2 is 1.20 bits per heavy atom. The van der Waals surface area contributed by atoms with Gasteiger partial charge in [-0.2, -0.15) is 0 Å². The van der Waals surface area contributed by atoms with Gasteiger partial charge in [0, 0.05) is 32.3 Å². The molecule has 2 aliphatic carbocycles. The highest BCUT2D eigenvalue weighted by atomic mass is 16.3. The van der Waals surface area contributed by atoms with Gasteiger partial charge in [0.05, 0.1) is 0 Å². The van der Waals surface area contributed by atoms with Crippen molar-refractivity contribution in [2.45, 2.75) is 65.7 Å². The Bertz CT molecular complexity index is 310. The molecule has 4 heteroatoms. The maximum Gasteiger partial charge on any atom is 0.0483 e. The quantitative estimate of drug-likeness (QED) is 0.588. The number of aliphatic hydroxyl groups excluding tert-OH is 4. The van der Waals surface area contributed by atoms with Gasteiger partial charge in [-0.05, 0) is 74.0 Å². The minimum atomic E-state index is 0.0974. The first-order valence-corrected chi connectivity index (χ1v) is 10.4. The van der Waals surface area contributed by atoms with Crippen LogP contribution in [-0.2, 0) is 0 Å². The summed E-state index contributed by atoms with van der Waals surface area (Å²) >= 11 is 0. The van der Waals surface area contributed by atoms with Crippen molar-refractivity contribution in [3.63, 3.8) is 0 Å². The van der Waals surface area contributed by atoms with Crippen LogP contribution in [0.1, 0.15) is 65.7 Å². The Labute approximate surface area is 154 Å². The van der Waals surface area contributed by atoms with Crippen molar-refractivity contribution in [3.8, 4) is 0 Å². The zero-order valence-electron chi connectivity index (χ0n) is 16.6. The van der Waals surface area contributed by atoms with Crippen LogP contribution in [0.4, 0.5) is 0 Å². The second-order valence-corrected chi connectivity index (χ2v) is 8.87. The van der Waals surface area contributed by atoms with Crippen molar-refractivity contribution in [2.75, 3.05) is 26.4 Å². The predicted octanol–water partition coefficient (Wildman–Crippen LogP) is 3.07. The van der Waals surface area contributed by atoms with E-state index in [9.17, 15) is 10.2 Å². The van der Waals surface area contributed by atoms with Gasteiger partial charge in [-0.3, -0.25) is 0 Å². The van der Waals surface area contributed by atoms with Gasteiger partial charge >= 0.3 is 0 Å². The normalized spacial score (nSPS) is 33.2. The first-order chi connectivity index (χ1) is 12.0. The van der Waals surface area contributed by atoms with Gasteiger partial charge in [0.1, 0.15) is 0 Å². The Morgan fingerprint density at radius 3 is 1.56 bits per heavy atom. The molecule has 3 unspecified atom stereocenters. The fourth-order valence-corrected chi connectivity index (χ4v) is 4.74. The minimum Gasteiger partial charge on any atom is -0.396 e. The molecule has 0 aliphatic heterocycles. The third-order valence-electron chi connectivity index (χ3n) is 6.63. The number of aliphatic hydroxyl groups is 4. The summed E-state index contributed by atoms with van der Waals surface area (Å²) in [6.07, 6.45) is 8.14. The highest BCUT2D eigenvalue weighted by Crippen LogP contribution is 2.41. The highest BCUT2D eigenvalue weighted by molar-refractivity contribution is 4.84. The second-order valence-electron chi connectivity index (χ2n) is 8.87. The molecule has 2 aliphatic rings. The van der Waals surface area contributed by atoms with E-state index in [0.717, 1.165) is 31.6 Å². The van der Waals surface area contributed by atoms with Crippen LogP contribution in [0.3, 0.4) is 0 Å². The molecule has 150 valence electrons. The van der Waals surface area contributed by atoms with E-state index >= 15 is 0 Å². The van der Waals surface area contributed by atoms with Gasteiger partial charge in [0.25, 0.3) is 0 Å². The van der Waals surface area contributed by atoms with E-state index in [1.807, 2.05) is 0 Å². The summed E-state index contributed by atoms with van der Waals surface area (Å²) in [4.78, 5) is 0. The highest BCUT2D eigenvalue weighted by Gasteiger charge is 2.35. The smallest absolute Gasteiger partial charge is 0.0483 e. The summed E-state index contributed by atoms with van der Waals surface area (Å²) in [5.41, 5.74) is 0. The molecule has 0 aromatic carbocycles. The van der Waals surface area contributed by atoms with Crippen molar-refractivity contribution in [3.05, 3.63) is 0 Å². The molecule has 4 N–H and O–H groups in total. The van der Waals surface area contributed by atoms with E-state index in [0.29, 0.717) is 42.8 Å². The molecular weight excluding hydrogens is 316 g/mol. The molecule has 4 nitrogen and oxygen atoms in total. The topological polar surface area (TPSA) is 80.9 Å². The Balaban J connectivity index is 0.000000271. The van der Waals surface area contributed by atoms with Crippen LogP contribution in [0.5, 0.6) is 0 Å². The molecule has 2 rings (SSSR count). The van der Waals surface area contributed by atoms with Gasteiger partial charge in [-0.15, -0.1) is 0 Å². The van der Waals surface area contributed by atoms with Crippen molar-refractivity contribution >= 4 is 0 Å². The summed E-state index contributed by atoms with van der Waals surface area (Å²) in [5, 5.41) is 36.2. The van der Waals surface area contributed by atoms with Crippen molar-refractivity contribution < 1.29 is 20.4 Å². The molecule has 2 saturated carbocycles. The fourth-order valence-electron chi connectivity index (χ4n) is 4.74. The number of hydrogen-bond donors (Lipinski definition) is 4. The number of rotatable bonds is 6. The van der Waals surface area contributed by atoms with Gasteiger partial charge in [0.2, 0.25) is 0 Å². The molecule has 0 amide bonds. The van der Waals surface area contributed by atoms with E-state index < -0.39 is 0 Å². The van der Waals surface area contributed by atoms with Crippen LogP contribution < -0.4 is 0 Å². The Hall–Kier alpha value is -0.160. The van der Waals surface area contributed by atoms with Crippen LogP contribution in [0, 0.1) is 41.4 Å². The summed E-state index contributed by atoms with van der Waals surface area (Å²) in [5.74, 6) is 3.76. The van der Waals surface area contributed by atoms with Crippen LogP contribution in [0.2, 0.25) is 0 Å². The van der Waals surface area contributed by atoms with Crippen molar-refractivity contribution in [1.29, 1.82) is 0 Å². The first kappa shape index (κ1) is 22.9. The number of hydrogen-bond acceptors (Lipinski definition) is 4. The van der Waals surface area contributed by atoms with E-state index in [1.165, 1.54) is 19.3 Å². The molecular formula is C21H42O4. The molecule has 0 saturated heterocycles. The van der Waals surface area contributed by atoms with E-state index in [4.69, 9.17) is 10.2 Å². The standard InChI is InChI=1S/C13H26O2.C8H16O2/c1-9(2)12-5-4-10(3)6-13(12)11(7-14)8-15;9-5-7-1-2-8(6-10)4-3-7/h9-15H,4-8H2,1-3H3;7-10H,1-6H2.